The summed E-state index contributed by atoms with van der Waals surface area (Å²) < 4.78 is 29.0. The van der Waals surface area contributed by atoms with Crippen LogP contribution in [-0.4, -0.2) is 22.0 Å². The number of nitrogens with zero attached hydrogens (tertiary/aromatic N) is 1. The van der Waals surface area contributed by atoms with Gasteiger partial charge in [-0.15, -0.1) is 22.7 Å². The van der Waals surface area contributed by atoms with Crippen LogP contribution in [0.25, 0.3) is 21.3 Å². The molecule has 10 heteroatoms. The largest absolute Gasteiger partial charge is 0.478 e. The summed E-state index contributed by atoms with van der Waals surface area (Å²) >= 11 is 1.98. The first-order valence-corrected chi connectivity index (χ1v) is 10.2. The Balaban J connectivity index is 1.73. The number of aryl methyl sites for hydroxylation is 1. The Morgan fingerprint density at radius 3 is 2.60 bits per heavy atom. The second-order valence-corrected chi connectivity index (χ2v) is 8.26. The minimum atomic E-state index is -1.38. The van der Waals surface area contributed by atoms with E-state index in [-0.39, 0.29) is 32.3 Å². The predicted molar refractivity (Wildman–Crippen MR) is 113 cm³/mol. The van der Waals surface area contributed by atoms with E-state index in [9.17, 15) is 23.5 Å². The van der Waals surface area contributed by atoms with Crippen molar-refractivity contribution in [3.05, 3.63) is 63.5 Å². The summed E-state index contributed by atoms with van der Waals surface area (Å²) in [6.45, 7) is 1.41. The average Bonchev–Trinajstić information content (AvgIpc) is 3.31. The van der Waals surface area contributed by atoms with Crippen molar-refractivity contribution in [1.82, 2.24) is 4.98 Å². The van der Waals surface area contributed by atoms with Crippen LogP contribution in [0.1, 0.15) is 25.7 Å². The zero-order valence-corrected chi connectivity index (χ0v) is 17.0. The van der Waals surface area contributed by atoms with Gasteiger partial charge in [-0.05, 0) is 24.6 Å². The van der Waals surface area contributed by atoms with Crippen LogP contribution in [0.3, 0.4) is 0 Å². The maximum absolute atomic E-state index is 14.4. The monoisotopic (exact) mass is 445 g/mol. The fourth-order valence-corrected chi connectivity index (χ4v) is 4.77. The summed E-state index contributed by atoms with van der Waals surface area (Å²) in [4.78, 5) is 28.7. The molecular formula is C20H13F2N3O3S2. The van der Waals surface area contributed by atoms with Crippen molar-refractivity contribution in [1.29, 1.82) is 0 Å². The number of carboxylic acids is 1. The molecule has 0 fully saturated rings. The minimum Gasteiger partial charge on any atom is -0.478 e. The number of fused-ring (bicyclic) bond motifs is 1. The maximum Gasteiger partial charge on any atom is 0.339 e. The Morgan fingerprint density at radius 1 is 1.13 bits per heavy atom. The highest BCUT2D eigenvalue weighted by molar-refractivity contribution is 7.21. The van der Waals surface area contributed by atoms with Gasteiger partial charge in [-0.3, -0.25) is 4.79 Å². The normalized spacial score (nSPS) is 11.0. The highest BCUT2D eigenvalue weighted by atomic mass is 32.1. The van der Waals surface area contributed by atoms with Crippen molar-refractivity contribution >= 4 is 55.5 Å². The lowest BCUT2D eigenvalue weighted by atomic mass is 10.0. The van der Waals surface area contributed by atoms with E-state index in [0.717, 1.165) is 22.7 Å². The SMILES string of the molecule is Cc1ccc(-c2csc(NC(=O)c3nc4cccc(N)c4s3)c2C(=O)O)c(F)c1F. The van der Waals surface area contributed by atoms with E-state index in [1.54, 1.807) is 18.2 Å². The molecule has 0 atom stereocenters. The number of anilines is 2. The van der Waals surface area contributed by atoms with Crippen LogP contribution in [0.5, 0.6) is 0 Å². The third-order valence-electron chi connectivity index (χ3n) is 4.44. The number of nitrogens with two attached hydrogens (primary N) is 1. The summed E-state index contributed by atoms with van der Waals surface area (Å²) in [7, 11) is 0. The summed E-state index contributed by atoms with van der Waals surface area (Å²) in [5, 5.41) is 13.6. The van der Waals surface area contributed by atoms with Crippen molar-refractivity contribution in [3.8, 4) is 11.1 Å². The first-order valence-electron chi connectivity index (χ1n) is 8.54. The van der Waals surface area contributed by atoms with Gasteiger partial charge in [0.1, 0.15) is 10.6 Å². The molecule has 2 heterocycles. The molecule has 0 saturated heterocycles. The molecule has 2 aromatic carbocycles. The van der Waals surface area contributed by atoms with Crippen LogP contribution >= 0.6 is 22.7 Å². The molecule has 152 valence electrons. The number of carbonyl (C=O) groups excluding carboxylic acids is 1. The maximum atomic E-state index is 14.4. The van der Waals surface area contributed by atoms with Gasteiger partial charge in [-0.2, -0.15) is 0 Å². The number of carboxylic acid groups (broad SMARTS) is 1. The molecule has 4 aromatic rings. The number of halogens is 2. The highest BCUT2D eigenvalue weighted by Gasteiger charge is 2.25. The van der Waals surface area contributed by atoms with E-state index in [1.165, 1.54) is 24.4 Å². The van der Waals surface area contributed by atoms with Gasteiger partial charge in [0, 0.05) is 16.5 Å². The van der Waals surface area contributed by atoms with Gasteiger partial charge in [0.05, 0.1) is 15.9 Å². The fourth-order valence-electron chi connectivity index (χ4n) is 2.94. The van der Waals surface area contributed by atoms with Crippen molar-refractivity contribution in [2.24, 2.45) is 0 Å². The zero-order valence-electron chi connectivity index (χ0n) is 15.3. The lowest BCUT2D eigenvalue weighted by Gasteiger charge is -2.07. The lowest BCUT2D eigenvalue weighted by molar-refractivity contribution is 0.0699. The molecule has 1 amide bonds. The van der Waals surface area contributed by atoms with Crippen LogP contribution in [0, 0.1) is 18.6 Å². The van der Waals surface area contributed by atoms with E-state index < -0.39 is 23.5 Å². The van der Waals surface area contributed by atoms with Crippen LogP contribution in [-0.2, 0) is 0 Å². The average molecular weight is 445 g/mol. The van der Waals surface area contributed by atoms with Crippen molar-refractivity contribution < 1.29 is 23.5 Å². The molecule has 0 aliphatic heterocycles. The molecule has 0 bridgehead atoms. The smallest absolute Gasteiger partial charge is 0.339 e. The number of thiophene rings is 1. The van der Waals surface area contributed by atoms with Gasteiger partial charge < -0.3 is 16.2 Å². The van der Waals surface area contributed by atoms with Crippen molar-refractivity contribution in [3.63, 3.8) is 0 Å². The minimum absolute atomic E-state index is 0.00453. The fraction of sp³-hybridized carbons (Fsp3) is 0.0500. The number of rotatable bonds is 4. The van der Waals surface area contributed by atoms with E-state index in [1.807, 2.05) is 0 Å². The second-order valence-electron chi connectivity index (χ2n) is 6.39. The summed E-state index contributed by atoms with van der Waals surface area (Å²) in [5.74, 6) is -4.19. The Hall–Kier alpha value is -3.37. The molecule has 6 nitrogen and oxygen atoms in total. The Morgan fingerprint density at radius 2 is 1.90 bits per heavy atom. The number of aromatic nitrogens is 1. The third kappa shape index (κ3) is 3.29. The zero-order chi connectivity index (χ0) is 21.6. The molecule has 4 rings (SSSR count). The Labute approximate surface area is 176 Å². The third-order valence-corrected chi connectivity index (χ3v) is 6.45. The molecule has 0 radical (unpaired) electrons. The quantitative estimate of drug-likeness (QED) is 0.377. The Bertz CT molecular complexity index is 1330. The molecule has 0 aliphatic rings. The van der Waals surface area contributed by atoms with Gasteiger partial charge in [-0.1, -0.05) is 18.2 Å². The van der Waals surface area contributed by atoms with Crippen LogP contribution in [0.4, 0.5) is 19.5 Å². The van der Waals surface area contributed by atoms with Crippen molar-refractivity contribution in [2.75, 3.05) is 11.1 Å². The van der Waals surface area contributed by atoms with Crippen LogP contribution in [0.15, 0.2) is 35.7 Å². The second kappa shape index (κ2) is 7.47. The molecule has 30 heavy (non-hydrogen) atoms. The molecule has 4 N–H and O–H groups in total. The predicted octanol–water partition coefficient (Wildman–Crippen LogP) is 5.14. The van der Waals surface area contributed by atoms with E-state index in [4.69, 9.17) is 5.73 Å². The Kier molecular flexibility index (Phi) is 4.96. The summed E-state index contributed by atoms with van der Waals surface area (Å²) in [6, 6.07) is 7.78. The summed E-state index contributed by atoms with van der Waals surface area (Å²) in [5.41, 5.74) is 6.48. The number of hydrogen-bond donors (Lipinski definition) is 3. The van der Waals surface area contributed by atoms with Gasteiger partial charge in [-0.25, -0.2) is 18.6 Å². The van der Waals surface area contributed by atoms with Gasteiger partial charge in [0.25, 0.3) is 5.91 Å². The van der Waals surface area contributed by atoms with Gasteiger partial charge in [0.2, 0.25) is 0 Å². The number of benzene rings is 2. The standard InChI is InChI=1S/C20H13F2N3O3S2/c1-8-5-6-9(15(22)14(8)21)10-7-29-18(13(10)20(27)28)25-17(26)19-24-12-4-2-3-11(23)16(12)30-19/h2-7H,23H2,1H3,(H,25,26)(H,27,28). The number of hydrogen-bond acceptors (Lipinski definition) is 6. The van der Waals surface area contributed by atoms with Crippen LogP contribution in [0.2, 0.25) is 0 Å². The first-order chi connectivity index (χ1) is 14.3. The van der Waals surface area contributed by atoms with Gasteiger partial charge >= 0.3 is 5.97 Å². The topological polar surface area (TPSA) is 105 Å². The van der Waals surface area contributed by atoms with E-state index in [0.29, 0.717) is 15.9 Å². The number of nitrogen functional groups attached to an aromatic ring is 1. The number of amides is 1. The molecule has 0 aliphatic carbocycles. The van der Waals surface area contributed by atoms with Gasteiger partial charge in [0.15, 0.2) is 16.6 Å². The number of aromatic carboxylic acids is 1. The highest BCUT2D eigenvalue weighted by Crippen LogP contribution is 2.38. The van der Waals surface area contributed by atoms with Crippen LogP contribution < -0.4 is 11.1 Å². The molecule has 0 unspecified atom stereocenters. The summed E-state index contributed by atoms with van der Waals surface area (Å²) in [6.07, 6.45) is 0. The number of nitrogens with one attached hydrogen (secondary N) is 1. The lowest BCUT2D eigenvalue weighted by Crippen LogP contribution is -2.13. The molecular weight excluding hydrogens is 432 g/mol. The number of carbonyl (C=O) groups is 2. The molecule has 0 spiro atoms. The van der Waals surface area contributed by atoms with E-state index >= 15 is 0 Å². The van der Waals surface area contributed by atoms with Crippen molar-refractivity contribution in [2.45, 2.75) is 6.92 Å². The molecule has 2 aromatic heterocycles. The number of thiazole rings is 1. The van der Waals surface area contributed by atoms with E-state index in [2.05, 4.69) is 10.3 Å². The molecule has 0 saturated carbocycles. The first kappa shape index (κ1) is 19.9.